The molecular formula is C26H39N5O. The maximum absolute atomic E-state index is 9.66. The molecule has 4 rings (SSSR count). The highest BCUT2D eigenvalue weighted by molar-refractivity contribution is 5.85. The Kier molecular flexibility index (Phi) is 8.37. The summed E-state index contributed by atoms with van der Waals surface area (Å²) in [6.45, 7) is 12.2. The van der Waals surface area contributed by atoms with Gasteiger partial charge in [0.15, 0.2) is 5.96 Å². The Morgan fingerprint density at radius 2 is 1.72 bits per heavy atom. The first kappa shape index (κ1) is 23.0. The Morgan fingerprint density at radius 1 is 0.969 bits per heavy atom. The molecule has 6 nitrogen and oxygen atoms in total. The molecule has 2 saturated heterocycles. The number of rotatable bonds is 7. The van der Waals surface area contributed by atoms with Crippen LogP contribution in [0.3, 0.4) is 0 Å². The van der Waals surface area contributed by atoms with Gasteiger partial charge in [-0.05, 0) is 49.1 Å². The Labute approximate surface area is 192 Å². The monoisotopic (exact) mass is 437 g/mol. The number of aliphatic hydroxyl groups is 1. The van der Waals surface area contributed by atoms with Gasteiger partial charge in [-0.2, -0.15) is 0 Å². The van der Waals surface area contributed by atoms with Crippen molar-refractivity contribution < 1.29 is 5.11 Å². The first-order chi connectivity index (χ1) is 15.7. The van der Waals surface area contributed by atoms with Gasteiger partial charge < -0.3 is 20.2 Å². The number of guanidine groups is 1. The van der Waals surface area contributed by atoms with Crippen molar-refractivity contribution >= 4 is 16.7 Å². The molecular weight excluding hydrogens is 398 g/mol. The van der Waals surface area contributed by atoms with Crippen molar-refractivity contribution in [3.8, 4) is 0 Å². The average molecular weight is 438 g/mol. The summed E-state index contributed by atoms with van der Waals surface area (Å²) in [5, 5.41) is 15.8. The van der Waals surface area contributed by atoms with E-state index in [-0.39, 0.29) is 6.10 Å². The van der Waals surface area contributed by atoms with E-state index >= 15 is 0 Å². The summed E-state index contributed by atoms with van der Waals surface area (Å²) in [4.78, 5) is 12.4. The molecule has 0 spiro atoms. The third kappa shape index (κ3) is 6.21. The number of hydrogen-bond donors (Lipinski definition) is 2. The molecule has 174 valence electrons. The second-order valence-corrected chi connectivity index (χ2v) is 9.06. The summed E-state index contributed by atoms with van der Waals surface area (Å²) in [5.74, 6) is 1.06. The third-order valence-corrected chi connectivity index (χ3v) is 6.73. The number of benzene rings is 2. The van der Waals surface area contributed by atoms with E-state index in [0.717, 1.165) is 90.7 Å². The van der Waals surface area contributed by atoms with Crippen molar-refractivity contribution in [3.05, 3.63) is 48.0 Å². The van der Waals surface area contributed by atoms with Crippen LogP contribution in [0.4, 0.5) is 0 Å². The number of likely N-dealkylation sites (tertiary alicyclic amines) is 1. The Hall–Kier alpha value is -2.15. The van der Waals surface area contributed by atoms with Gasteiger partial charge in [0.2, 0.25) is 0 Å². The molecule has 0 atom stereocenters. The molecule has 6 heteroatoms. The van der Waals surface area contributed by atoms with Crippen molar-refractivity contribution in [1.82, 2.24) is 20.0 Å². The van der Waals surface area contributed by atoms with Gasteiger partial charge in [-0.25, -0.2) is 0 Å². The van der Waals surface area contributed by atoms with Crippen molar-refractivity contribution in [1.29, 1.82) is 0 Å². The number of aliphatic hydroxyl groups excluding tert-OH is 1. The van der Waals surface area contributed by atoms with E-state index in [1.807, 2.05) is 0 Å². The van der Waals surface area contributed by atoms with Crippen LogP contribution in [0.25, 0.3) is 10.8 Å². The molecule has 2 aliphatic rings. The number of piperidine rings is 1. The molecule has 2 N–H and O–H groups in total. The lowest BCUT2D eigenvalue weighted by molar-refractivity contribution is 0.0824. The quantitative estimate of drug-likeness (QED) is 0.396. The zero-order chi connectivity index (χ0) is 22.2. The van der Waals surface area contributed by atoms with E-state index < -0.39 is 0 Å². The normalized spacial score (nSPS) is 19.6. The van der Waals surface area contributed by atoms with Gasteiger partial charge in [-0.1, -0.05) is 42.5 Å². The topological polar surface area (TPSA) is 54.3 Å². The molecule has 2 fully saturated rings. The van der Waals surface area contributed by atoms with Crippen LogP contribution in [0, 0.1) is 0 Å². The van der Waals surface area contributed by atoms with Gasteiger partial charge in [-0.3, -0.25) is 9.89 Å². The van der Waals surface area contributed by atoms with Crippen LogP contribution >= 0.6 is 0 Å². The largest absolute Gasteiger partial charge is 0.393 e. The second-order valence-electron chi connectivity index (χ2n) is 9.06. The first-order valence-corrected chi connectivity index (χ1v) is 12.4. The van der Waals surface area contributed by atoms with Crippen LogP contribution in [0.5, 0.6) is 0 Å². The summed E-state index contributed by atoms with van der Waals surface area (Å²) in [6.07, 6.45) is 2.81. The smallest absolute Gasteiger partial charge is 0.194 e. The van der Waals surface area contributed by atoms with Gasteiger partial charge in [-0.15, -0.1) is 0 Å². The molecule has 0 aliphatic carbocycles. The second kappa shape index (κ2) is 11.6. The summed E-state index contributed by atoms with van der Waals surface area (Å²) in [7, 11) is 0. The molecule has 0 amide bonds. The highest BCUT2D eigenvalue weighted by Gasteiger charge is 2.20. The van der Waals surface area contributed by atoms with E-state index in [4.69, 9.17) is 4.99 Å². The molecule has 2 aliphatic heterocycles. The molecule has 2 heterocycles. The van der Waals surface area contributed by atoms with Crippen molar-refractivity contribution in [2.75, 3.05) is 58.9 Å². The van der Waals surface area contributed by atoms with E-state index in [0.29, 0.717) is 0 Å². The zero-order valence-corrected chi connectivity index (χ0v) is 19.5. The number of piperazine rings is 1. The van der Waals surface area contributed by atoms with E-state index in [9.17, 15) is 5.11 Å². The van der Waals surface area contributed by atoms with Crippen LogP contribution in [0.1, 0.15) is 31.7 Å². The number of nitrogens with zero attached hydrogens (tertiary/aromatic N) is 4. The molecule has 0 aromatic heterocycles. The van der Waals surface area contributed by atoms with Crippen LogP contribution in [0.2, 0.25) is 0 Å². The van der Waals surface area contributed by atoms with Gasteiger partial charge in [0.1, 0.15) is 0 Å². The minimum Gasteiger partial charge on any atom is -0.393 e. The highest BCUT2D eigenvalue weighted by Crippen LogP contribution is 2.20. The van der Waals surface area contributed by atoms with Gasteiger partial charge in [0, 0.05) is 58.9 Å². The zero-order valence-electron chi connectivity index (χ0n) is 19.5. The molecule has 0 unspecified atom stereocenters. The fraction of sp³-hybridized carbons (Fsp3) is 0.577. The minimum atomic E-state index is -0.0936. The van der Waals surface area contributed by atoms with Crippen LogP contribution in [-0.4, -0.2) is 90.8 Å². The standard InChI is InChI=1S/C26H39N5O/c1-2-27-26(28-13-6-14-29-15-11-24(32)12-16-29)31-19-17-30(18-20-31)21-23-9-5-8-22-7-3-4-10-25(22)23/h3-5,7-10,24,32H,2,6,11-21H2,1H3,(H,27,28). The van der Waals surface area contributed by atoms with Gasteiger partial charge in [0.05, 0.1) is 6.10 Å². The predicted octanol–water partition coefficient (Wildman–Crippen LogP) is 2.77. The number of aliphatic imine (C=N–C) groups is 1. The fourth-order valence-corrected chi connectivity index (χ4v) is 4.84. The van der Waals surface area contributed by atoms with Crippen LogP contribution in [-0.2, 0) is 6.54 Å². The summed E-state index contributed by atoms with van der Waals surface area (Å²) in [5.41, 5.74) is 1.42. The molecule has 2 aromatic carbocycles. The Bertz CT molecular complexity index is 864. The predicted molar refractivity (Wildman–Crippen MR) is 133 cm³/mol. The number of fused-ring (bicyclic) bond motifs is 1. The first-order valence-electron chi connectivity index (χ1n) is 12.4. The van der Waals surface area contributed by atoms with E-state index in [1.165, 1.54) is 16.3 Å². The van der Waals surface area contributed by atoms with Crippen LogP contribution < -0.4 is 5.32 Å². The maximum Gasteiger partial charge on any atom is 0.194 e. The summed E-state index contributed by atoms with van der Waals surface area (Å²) in [6, 6.07) is 15.3. The fourth-order valence-electron chi connectivity index (χ4n) is 4.84. The lowest BCUT2D eigenvalue weighted by Gasteiger charge is -2.36. The van der Waals surface area contributed by atoms with Crippen molar-refractivity contribution in [3.63, 3.8) is 0 Å². The summed E-state index contributed by atoms with van der Waals surface area (Å²) < 4.78 is 0. The number of hydrogen-bond acceptors (Lipinski definition) is 4. The summed E-state index contributed by atoms with van der Waals surface area (Å²) >= 11 is 0. The number of nitrogens with one attached hydrogen (secondary N) is 1. The van der Waals surface area contributed by atoms with Crippen molar-refractivity contribution in [2.45, 2.75) is 38.8 Å². The minimum absolute atomic E-state index is 0.0936. The Morgan fingerprint density at radius 3 is 2.50 bits per heavy atom. The van der Waals surface area contributed by atoms with Gasteiger partial charge in [0.25, 0.3) is 0 Å². The lowest BCUT2D eigenvalue weighted by atomic mass is 10.0. The van der Waals surface area contributed by atoms with E-state index in [1.54, 1.807) is 0 Å². The average Bonchev–Trinajstić information content (AvgIpc) is 2.83. The SMILES string of the molecule is CCNC(=NCCCN1CCC(O)CC1)N1CCN(Cc2cccc3ccccc23)CC1. The molecule has 0 bridgehead atoms. The van der Waals surface area contributed by atoms with Crippen LogP contribution in [0.15, 0.2) is 47.5 Å². The van der Waals surface area contributed by atoms with E-state index in [2.05, 4.69) is 69.4 Å². The van der Waals surface area contributed by atoms with Crippen molar-refractivity contribution in [2.24, 2.45) is 4.99 Å². The molecule has 32 heavy (non-hydrogen) atoms. The van der Waals surface area contributed by atoms with Gasteiger partial charge >= 0.3 is 0 Å². The maximum atomic E-state index is 9.66. The molecule has 0 saturated carbocycles. The highest BCUT2D eigenvalue weighted by atomic mass is 16.3. The Balaban J connectivity index is 1.25. The lowest BCUT2D eigenvalue weighted by Crippen LogP contribution is -2.52. The molecule has 2 aromatic rings. The molecule has 0 radical (unpaired) electrons. The third-order valence-electron chi connectivity index (χ3n) is 6.73.